The third-order valence-electron chi connectivity index (χ3n) is 3.19. The monoisotopic (exact) mass is 283 g/mol. The van der Waals surface area contributed by atoms with Crippen LogP contribution in [0, 0.1) is 12.8 Å². The minimum atomic E-state index is -3.77. The van der Waals surface area contributed by atoms with Gasteiger partial charge >= 0.3 is 5.97 Å². The van der Waals surface area contributed by atoms with Gasteiger partial charge in [-0.3, -0.25) is 4.79 Å². The van der Waals surface area contributed by atoms with Crippen molar-refractivity contribution >= 4 is 16.0 Å². The van der Waals surface area contributed by atoms with E-state index in [1.165, 1.54) is 12.1 Å². The van der Waals surface area contributed by atoms with Gasteiger partial charge in [0.1, 0.15) is 6.04 Å². The van der Waals surface area contributed by atoms with Crippen molar-refractivity contribution in [2.45, 2.75) is 37.1 Å². The first-order valence-electron chi connectivity index (χ1n) is 6.20. The molecule has 19 heavy (non-hydrogen) atoms. The Labute approximate surface area is 112 Å². The molecule has 0 heterocycles. The van der Waals surface area contributed by atoms with Crippen molar-refractivity contribution in [3.8, 4) is 0 Å². The predicted molar refractivity (Wildman–Crippen MR) is 70.3 cm³/mol. The smallest absolute Gasteiger partial charge is 0.321 e. The Morgan fingerprint density at radius 1 is 1.37 bits per heavy atom. The van der Waals surface area contributed by atoms with Crippen LogP contribution in [0.2, 0.25) is 0 Å². The van der Waals surface area contributed by atoms with Gasteiger partial charge in [-0.15, -0.1) is 0 Å². The molecule has 1 unspecified atom stereocenters. The number of benzene rings is 1. The Morgan fingerprint density at radius 2 is 1.95 bits per heavy atom. The Morgan fingerprint density at radius 3 is 2.42 bits per heavy atom. The molecular formula is C13H17NO4S. The molecule has 1 aromatic carbocycles. The van der Waals surface area contributed by atoms with E-state index in [2.05, 4.69) is 4.72 Å². The minimum absolute atomic E-state index is 0.0974. The summed E-state index contributed by atoms with van der Waals surface area (Å²) >= 11 is 0. The summed E-state index contributed by atoms with van der Waals surface area (Å²) in [5, 5.41) is 9.08. The van der Waals surface area contributed by atoms with Crippen LogP contribution in [0.15, 0.2) is 29.2 Å². The van der Waals surface area contributed by atoms with Crippen molar-refractivity contribution in [1.29, 1.82) is 0 Å². The number of nitrogens with one attached hydrogen (secondary N) is 1. The number of sulfonamides is 1. The largest absolute Gasteiger partial charge is 0.480 e. The van der Waals surface area contributed by atoms with Crippen molar-refractivity contribution in [2.24, 2.45) is 5.92 Å². The molecule has 1 aromatic rings. The van der Waals surface area contributed by atoms with Crippen molar-refractivity contribution < 1.29 is 18.3 Å². The van der Waals surface area contributed by atoms with Crippen LogP contribution in [-0.4, -0.2) is 25.5 Å². The molecule has 0 bridgehead atoms. The highest BCUT2D eigenvalue weighted by Crippen LogP contribution is 2.33. The first kappa shape index (κ1) is 14.0. The van der Waals surface area contributed by atoms with Crippen LogP contribution in [0.4, 0.5) is 0 Å². The van der Waals surface area contributed by atoms with E-state index >= 15 is 0 Å². The summed E-state index contributed by atoms with van der Waals surface area (Å²) in [6.45, 7) is 1.86. The molecule has 2 N–H and O–H groups in total. The van der Waals surface area contributed by atoms with Crippen molar-refractivity contribution in [2.75, 3.05) is 0 Å². The maximum atomic E-state index is 12.1. The molecule has 2 rings (SSSR count). The lowest BCUT2D eigenvalue weighted by Crippen LogP contribution is -2.41. The Bertz CT molecular complexity index is 561. The molecule has 0 aromatic heterocycles. The van der Waals surface area contributed by atoms with E-state index in [0.717, 1.165) is 18.4 Å². The number of hydrogen-bond acceptors (Lipinski definition) is 3. The fraction of sp³-hybridized carbons (Fsp3) is 0.462. The van der Waals surface area contributed by atoms with E-state index in [9.17, 15) is 13.2 Å². The zero-order chi connectivity index (χ0) is 14.0. The van der Waals surface area contributed by atoms with Crippen LogP contribution in [0.1, 0.15) is 24.8 Å². The number of carboxylic acid groups (broad SMARTS) is 1. The molecule has 1 aliphatic rings. The Kier molecular flexibility index (Phi) is 3.91. The van der Waals surface area contributed by atoms with Gasteiger partial charge in [-0.2, -0.15) is 4.72 Å². The Balaban J connectivity index is 2.13. The molecule has 1 aliphatic carbocycles. The highest BCUT2D eigenvalue weighted by atomic mass is 32.2. The zero-order valence-corrected chi connectivity index (χ0v) is 11.5. The second-order valence-electron chi connectivity index (χ2n) is 5.00. The molecule has 1 saturated carbocycles. The first-order chi connectivity index (χ1) is 8.88. The summed E-state index contributed by atoms with van der Waals surface area (Å²) < 4.78 is 26.4. The summed E-state index contributed by atoms with van der Waals surface area (Å²) in [5.74, 6) is -0.788. The lowest BCUT2D eigenvalue weighted by Gasteiger charge is -2.14. The van der Waals surface area contributed by atoms with E-state index in [4.69, 9.17) is 5.11 Å². The van der Waals surface area contributed by atoms with Crippen LogP contribution in [0.3, 0.4) is 0 Å². The van der Waals surface area contributed by atoms with Gasteiger partial charge < -0.3 is 5.11 Å². The summed E-state index contributed by atoms with van der Waals surface area (Å²) in [7, 11) is -3.77. The molecule has 0 aliphatic heterocycles. The molecule has 0 amide bonds. The molecule has 1 atom stereocenters. The number of hydrogen-bond donors (Lipinski definition) is 2. The second-order valence-corrected chi connectivity index (χ2v) is 6.72. The number of aliphatic carboxylic acids is 1. The third-order valence-corrected chi connectivity index (χ3v) is 4.68. The van der Waals surface area contributed by atoms with E-state index in [0.29, 0.717) is 12.3 Å². The van der Waals surface area contributed by atoms with E-state index in [1.54, 1.807) is 12.1 Å². The van der Waals surface area contributed by atoms with Crippen LogP contribution < -0.4 is 4.72 Å². The van der Waals surface area contributed by atoms with Crippen molar-refractivity contribution in [3.05, 3.63) is 29.8 Å². The molecule has 5 nitrogen and oxygen atoms in total. The van der Waals surface area contributed by atoms with Crippen LogP contribution in [0.25, 0.3) is 0 Å². The molecule has 0 radical (unpaired) electrons. The average Bonchev–Trinajstić information content (AvgIpc) is 3.12. The molecular weight excluding hydrogens is 266 g/mol. The molecule has 0 spiro atoms. The lowest BCUT2D eigenvalue weighted by molar-refractivity contribution is -0.139. The van der Waals surface area contributed by atoms with Gasteiger partial charge in [-0.1, -0.05) is 30.5 Å². The van der Waals surface area contributed by atoms with Gasteiger partial charge in [-0.25, -0.2) is 8.42 Å². The van der Waals surface area contributed by atoms with E-state index < -0.39 is 22.0 Å². The number of carbonyl (C=O) groups is 1. The van der Waals surface area contributed by atoms with Gasteiger partial charge in [0.05, 0.1) is 4.90 Å². The molecule has 1 fully saturated rings. The highest BCUT2D eigenvalue weighted by molar-refractivity contribution is 7.89. The summed E-state index contributed by atoms with van der Waals surface area (Å²) in [5.41, 5.74) is 0.951. The maximum Gasteiger partial charge on any atom is 0.321 e. The molecule has 0 saturated heterocycles. The van der Waals surface area contributed by atoms with Crippen LogP contribution in [-0.2, 0) is 14.8 Å². The van der Waals surface area contributed by atoms with Crippen molar-refractivity contribution in [3.63, 3.8) is 0 Å². The number of aryl methyl sites for hydroxylation is 1. The maximum absolute atomic E-state index is 12.1. The zero-order valence-electron chi connectivity index (χ0n) is 10.7. The van der Waals surface area contributed by atoms with E-state index in [-0.39, 0.29) is 4.90 Å². The fourth-order valence-corrected chi connectivity index (χ4v) is 3.06. The number of rotatable bonds is 6. The second kappa shape index (κ2) is 5.30. The third kappa shape index (κ3) is 3.78. The van der Waals surface area contributed by atoms with Crippen LogP contribution >= 0.6 is 0 Å². The standard InChI is InChI=1S/C13H17NO4S/c1-9-2-6-11(7-3-9)19(17,18)14-12(13(15)16)8-10-4-5-10/h2-3,6-7,10,12,14H,4-5,8H2,1H3,(H,15,16). The summed E-state index contributed by atoms with van der Waals surface area (Å²) in [6, 6.07) is 5.29. The van der Waals surface area contributed by atoms with Crippen LogP contribution in [0.5, 0.6) is 0 Å². The summed E-state index contributed by atoms with van der Waals surface area (Å²) in [6.07, 6.45) is 2.33. The molecule has 104 valence electrons. The van der Waals surface area contributed by atoms with E-state index in [1.807, 2.05) is 6.92 Å². The quantitative estimate of drug-likeness (QED) is 0.829. The average molecular weight is 283 g/mol. The highest BCUT2D eigenvalue weighted by Gasteiger charge is 2.32. The van der Waals surface area contributed by atoms with Gasteiger partial charge in [0.2, 0.25) is 10.0 Å². The first-order valence-corrected chi connectivity index (χ1v) is 7.68. The number of carboxylic acids is 1. The van der Waals surface area contributed by atoms with Gasteiger partial charge in [0.25, 0.3) is 0 Å². The van der Waals surface area contributed by atoms with Gasteiger partial charge in [0, 0.05) is 0 Å². The molecule has 6 heteroatoms. The fourth-order valence-electron chi connectivity index (χ4n) is 1.86. The predicted octanol–water partition coefficient (Wildman–Crippen LogP) is 1.53. The SMILES string of the molecule is Cc1ccc(S(=O)(=O)NC(CC2CC2)C(=O)O)cc1. The van der Waals surface area contributed by atoms with Gasteiger partial charge in [-0.05, 0) is 31.4 Å². The topological polar surface area (TPSA) is 83.5 Å². The Hall–Kier alpha value is -1.40. The lowest BCUT2D eigenvalue weighted by atomic mass is 10.1. The normalized spacial score (nSPS) is 17.1. The minimum Gasteiger partial charge on any atom is -0.480 e. The van der Waals surface area contributed by atoms with Gasteiger partial charge in [0.15, 0.2) is 0 Å². The van der Waals surface area contributed by atoms with Crippen molar-refractivity contribution in [1.82, 2.24) is 4.72 Å². The summed E-state index contributed by atoms with van der Waals surface area (Å²) in [4.78, 5) is 11.2.